The van der Waals surface area contributed by atoms with Crippen LogP contribution in [0, 0.1) is 11.8 Å². The molecule has 0 aromatic rings. The largest absolute Gasteiger partial charge is 0.390 e. The van der Waals surface area contributed by atoms with Crippen molar-refractivity contribution in [1.29, 1.82) is 0 Å². The summed E-state index contributed by atoms with van der Waals surface area (Å²) in [6.07, 6.45) is 3.48. The van der Waals surface area contributed by atoms with Gasteiger partial charge in [-0.1, -0.05) is 20.3 Å². The molecule has 0 amide bonds. The molecule has 1 nitrogen and oxygen atoms in total. The third-order valence-corrected chi connectivity index (χ3v) is 2.76. The van der Waals surface area contributed by atoms with E-state index in [0.29, 0.717) is 5.92 Å². The number of hydrogen-bond donors (Lipinski definition) is 1. The molecule has 1 saturated carbocycles. The summed E-state index contributed by atoms with van der Waals surface area (Å²) in [5, 5.41) is 9.44. The zero-order valence-corrected chi connectivity index (χ0v) is 7.22. The highest BCUT2D eigenvalue weighted by Crippen LogP contribution is 2.46. The van der Waals surface area contributed by atoms with Gasteiger partial charge in [-0.25, -0.2) is 0 Å². The van der Waals surface area contributed by atoms with Crippen LogP contribution >= 0.6 is 0 Å². The van der Waals surface area contributed by atoms with Crippen molar-refractivity contribution in [2.45, 2.75) is 45.6 Å². The lowest BCUT2D eigenvalue weighted by molar-refractivity contribution is 0.145. The van der Waals surface area contributed by atoms with Gasteiger partial charge in [-0.05, 0) is 31.6 Å². The van der Waals surface area contributed by atoms with E-state index in [4.69, 9.17) is 0 Å². The topological polar surface area (TPSA) is 20.2 Å². The summed E-state index contributed by atoms with van der Waals surface area (Å²) >= 11 is 0. The van der Waals surface area contributed by atoms with E-state index >= 15 is 0 Å². The van der Waals surface area contributed by atoms with Gasteiger partial charge in [0, 0.05) is 0 Å². The predicted octanol–water partition coefficient (Wildman–Crippen LogP) is 2.19. The minimum Gasteiger partial charge on any atom is -0.390 e. The molecule has 1 N–H and O–H groups in total. The van der Waals surface area contributed by atoms with Gasteiger partial charge in [0.25, 0.3) is 0 Å². The van der Waals surface area contributed by atoms with Crippen LogP contribution in [-0.4, -0.2) is 10.7 Å². The number of aliphatic hydroxyl groups is 1. The maximum absolute atomic E-state index is 9.44. The van der Waals surface area contributed by atoms with E-state index in [1.165, 1.54) is 12.8 Å². The second kappa shape index (κ2) is 2.54. The molecule has 0 radical (unpaired) electrons. The molecule has 0 aromatic heterocycles. The SMILES string of the molecule is CCC(C)C[C@H]1C[C@@]1(C)O. The summed E-state index contributed by atoms with van der Waals surface area (Å²) in [6, 6.07) is 0. The van der Waals surface area contributed by atoms with Crippen molar-refractivity contribution in [2.75, 3.05) is 0 Å². The lowest BCUT2D eigenvalue weighted by Gasteiger charge is -2.07. The van der Waals surface area contributed by atoms with Gasteiger partial charge in [-0.15, -0.1) is 0 Å². The van der Waals surface area contributed by atoms with Crippen molar-refractivity contribution in [1.82, 2.24) is 0 Å². The second-order valence-electron chi connectivity index (χ2n) is 4.01. The Morgan fingerprint density at radius 3 is 2.50 bits per heavy atom. The Labute approximate surface area is 63.4 Å². The normalized spacial score (nSPS) is 41.4. The third kappa shape index (κ3) is 1.72. The molecular formula is C9H18O. The summed E-state index contributed by atoms with van der Waals surface area (Å²) in [7, 11) is 0. The van der Waals surface area contributed by atoms with E-state index in [0.717, 1.165) is 12.3 Å². The average Bonchev–Trinajstić information content (AvgIpc) is 2.40. The van der Waals surface area contributed by atoms with Crippen molar-refractivity contribution in [3.05, 3.63) is 0 Å². The molecule has 60 valence electrons. The highest BCUT2D eigenvalue weighted by Gasteiger charge is 2.48. The van der Waals surface area contributed by atoms with Gasteiger partial charge in [0.1, 0.15) is 0 Å². The number of rotatable bonds is 3. The van der Waals surface area contributed by atoms with Crippen molar-refractivity contribution in [3.8, 4) is 0 Å². The predicted molar refractivity (Wildman–Crippen MR) is 42.8 cm³/mol. The first kappa shape index (κ1) is 8.06. The first-order valence-electron chi connectivity index (χ1n) is 4.28. The molecule has 1 heteroatoms. The van der Waals surface area contributed by atoms with Crippen LogP contribution in [0.1, 0.15) is 40.0 Å². The van der Waals surface area contributed by atoms with Crippen molar-refractivity contribution < 1.29 is 5.11 Å². The molecule has 1 aliphatic carbocycles. The molecule has 0 heterocycles. The Bertz CT molecular complexity index is 118. The fourth-order valence-electron chi connectivity index (χ4n) is 1.43. The molecule has 0 saturated heterocycles. The molecular weight excluding hydrogens is 124 g/mol. The molecule has 1 rings (SSSR count). The van der Waals surface area contributed by atoms with Gasteiger partial charge in [0.2, 0.25) is 0 Å². The zero-order chi connectivity index (χ0) is 7.78. The van der Waals surface area contributed by atoms with Crippen molar-refractivity contribution in [2.24, 2.45) is 11.8 Å². The van der Waals surface area contributed by atoms with Gasteiger partial charge in [-0.2, -0.15) is 0 Å². The molecule has 1 unspecified atom stereocenters. The highest BCUT2D eigenvalue weighted by atomic mass is 16.3. The summed E-state index contributed by atoms with van der Waals surface area (Å²) in [6.45, 7) is 6.41. The van der Waals surface area contributed by atoms with E-state index < -0.39 is 0 Å². The van der Waals surface area contributed by atoms with Crippen LogP contribution in [0.15, 0.2) is 0 Å². The fourth-order valence-corrected chi connectivity index (χ4v) is 1.43. The quantitative estimate of drug-likeness (QED) is 0.640. The Kier molecular flexibility index (Phi) is 2.04. The first-order chi connectivity index (χ1) is 4.56. The molecule has 10 heavy (non-hydrogen) atoms. The first-order valence-corrected chi connectivity index (χ1v) is 4.28. The maximum atomic E-state index is 9.44. The maximum Gasteiger partial charge on any atom is 0.0652 e. The van der Waals surface area contributed by atoms with Gasteiger partial charge in [0.15, 0.2) is 0 Å². The molecule has 0 spiro atoms. The molecule has 1 aliphatic rings. The van der Waals surface area contributed by atoms with Crippen LogP contribution < -0.4 is 0 Å². The fraction of sp³-hybridized carbons (Fsp3) is 1.00. The Balaban J connectivity index is 2.17. The zero-order valence-electron chi connectivity index (χ0n) is 7.22. The Morgan fingerprint density at radius 1 is 1.70 bits per heavy atom. The van der Waals surface area contributed by atoms with E-state index in [-0.39, 0.29) is 5.60 Å². The summed E-state index contributed by atoms with van der Waals surface area (Å²) in [5.41, 5.74) is -0.302. The van der Waals surface area contributed by atoms with Crippen LogP contribution in [0.4, 0.5) is 0 Å². The second-order valence-corrected chi connectivity index (χ2v) is 4.01. The van der Waals surface area contributed by atoms with Crippen molar-refractivity contribution in [3.63, 3.8) is 0 Å². The van der Waals surface area contributed by atoms with Crippen molar-refractivity contribution >= 4 is 0 Å². The Hall–Kier alpha value is -0.0400. The van der Waals surface area contributed by atoms with Crippen LogP contribution in [0.5, 0.6) is 0 Å². The van der Waals surface area contributed by atoms with E-state index in [2.05, 4.69) is 13.8 Å². The van der Waals surface area contributed by atoms with Gasteiger partial charge < -0.3 is 5.11 Å². The lowest BCUT2D eigenvalue weighted by Crippen LogP contribution is -2.06. The molecule has 0 aromatic carbocycles. The molecule has 0 bridgehead atoms. The van der Waals surface area contributed by atoms with E-state index in [1.54, 1.807) is 0 Å². The summed E-state index contributed by atoms with van der Waals surface area (Å²) < 4.78 is 0. The molecule has 1 fully saturated rings. The third-order valence-electron chi connectivity index (χ3n) is 2.76. The minimum absolute atomic E-state index is 0.302. The Morgan fingerprint density at radius 2 is 2.20 bits per heavy atom. The van der Waals surface area contributed by atoms with Gasteiger partial charge >= 0.3 is 0 Å². The summed E-state index contributed by atoms with van der Waals surface area (Å²) in [5.74, 6) is 1.39. The van der Waals surface area contributed by atoms with Crippen LogP contribution in [-0.2, 0) is 0 Å². The summed E-state index contributed by atoms with van der Waals surface area (Å²) in [4.78, 5) is 0. The van der Waals surface area contributed by atoms with E-state index in [1.807, 2.05) is 6.92 Å². The highest BCUT2D eigenvalue weighted by molar-refractivity contribution is 4.99. The minimum atomic E-state index is -0.302. The molecule has 3 atom stereocenters. The monoisotopic (exact) mass is 142 g/mol. The van der Waals surface area contributed by atoms with Gasteiger partial charge in [0.05, 0.1) is 5.60 Å². The lowest BCUT2D eigenvalue weighted by atomic mass is 10.0. The number of hydrogen-bond acceptors (Lipinski definition) is 1. The van der Waals surface area contributed by atoms with Gasteiger partial charge in [-0.3, -0.25) is 0 Å². The smallest absolute Gasteiger partial charge is 0.0652 e. The van der Waals surface area contributed by atoms with Crippen LogP contribution in [0.2, 0.25) is 0 Å². The molecule has 0 aliphatic heterocycles. The van der Waals surface area contributed by atoms with Crippen LogP contribution in [0.25, 0.3) is 0 Å². The van der Waals surface area contributed by atoms with Crippen LogP contribution in [0.3, 0.4) is 0 Å². The van der Waals surface area contributed by atoms with E-state index in [9.17, 15) is 5.11 Å². The average molecular weight is 142 g/mol. The standard InChI is InChI=1S/C9H18O/c1-4-7(2)5-8-6-9(8,3)10/h7-8,10H,4-6H2,1-3H3/t7?,8-,9+/m0/s1.